The lowest BCUT2D eigenvalue weighted by Gasteiger charge is -2.07. The van der Waals surface area contributed by atoms with Gasteiger partial charge in [-0.05, 0) is 6.07 Å². The van der Waals surface area contributed by atoms with Crippen LogP contribution in [0, 0.1) is 17.1 Å². The smallest absolute Gasteiger partial charge is 0.387 e. The highest BCUT2D eigenvalue weighted by Gasteiger charge is 2.12. The minimum atomic E-state index is -3.08. The first-order chi connectivity index (χ1) is 6.54. The van der Waals surface area contributed by atoms with Crippen LogP contribution >= 0.6 is 0 Å². The fraction of sp³-hybridized carbons (Fsp3) is 0.125. The molecule has 0 amide bonds. The molecule has 2 N–H and O–H groups in total. The predicted octanol–water partition coefficient (Wildman–Crippen LogP) is 1.88. The molecule has 0 fully saturated rings. The van der Waals surface area contributed by atoms with Gasteiger partial charge in [0.2, 0.25) is 0 Å². The Bertz CT molecular complexity index is 387. The summed E-state index contributed by atoms with van der Waals surface area (Å²) in [6, 6.07) is 3.11. The van der Waals surface area contributed by atoms with Crippen LogP contribution in [0.2, 0.25) is 0 Å². The number of nitriles is 1. The third kappa shape index (κ3) is 2.07. The summed E-state index contributed by atoms with van der Waals surface area (Å²) in [6.45, 7) is -3.08. The molecule has 6 heteroatoms. The van der Waals surface area contributed by atoms with E-state index in [0.717, 1.165) is 12.1 Å². The minimum Gasteiger partial charge on any atom is -0.433 e. The molecule has 0 saturated carbocycles. The number of hydrogen-bond donors (Lipinski definition) is 1. The highest BCUT2D eigenvalue weighted by atomic mass is 19.3. The first-order valence-corrected chi connectivity index (χ1v) is 3.48. The maximum absolute atomic E-state index is 12.8. The van der Waals surface area contributed by atoms with Crippen molar-refractivity contribution in [3.05, 3.63) is 23.5 Å². The van der Waals surface area contributed by atoms with Crippen LogP contribution in [0.1, 0.15) is 5.56 Å². The molecule has 0 bridgehead atoms. The monoisotopic (exact) mass is 202 g/mol. The molecular formula is C8H5F3N2O. The van der Waals surface area contributed by atoms with Crippen molar-refractivity contribution in [3.63, 3.8) is 0 Å². The van der Waals surface area contributed by atoms with Gasteiger partial charge in [0.15, 0.2) is 0 Å². The third-order valence-electron chi connectivity index (χ3n) is 1.44. The lowest BCUT2D eigenvalue weighted by atomic mass is 10.2. The first-order valence-electron chi connectivity index (χ1n) is 3.48. The molecule has 1 aromatic rings. The molecule has 0 spiro atoms. The van der Waals surface area contributed by atoms with Crippen molar-refractivity contribution >= 4 is 5.69 Å². The van der Waals surface area contributed by atoms with E-state index in [9.17, 15) is 13.2 Å². The van der Waals surface area contributed by atoms with Crippen molar-refractivity contribution in [1.82, 2.24) is 0 Å². The van der Waals surface area contributed by atoms with Crippen LogP contribution < -0.4 is 10.5 Å². The molecule has 1 rings (SSSR count). The van der Waals surface area contributed by atoms with Gasteiger partial charge in [-0.1, -0.05) is 0 Å². The van der Waals surface area contributed by atoms with Gasteiger partial charge in [-0.25, -0.2) is 4.39 Å². The van der Waals surface area contributed by atoms with Crippen LogP contribution in [-0.4, -0.2) is 6.61 Å². The molecule has 0 aliphatic carbocycles. The summed E-state index contributed by atoms with van der Waals surface area (Å²) in [4.78, 5) is 0. The number of benzene rings is 1. The zero-order chi connectivity index (χ0) is 10.7. The molecule has 0 atom stereocenters. The van der Waals surface area contributed by atoms with Crippen molar-refractivity contribution in [1.29, 1.82) is 5.26 Å². The normalized spacial score (nSPS) is 9.93. The van der Waals surface area contributed by atoms with E-state index in [-0.39, 0.29) is 11.3 Å². The SMILES string of the molecule is N#Cc1cc(F)c(N)cc1OC(F)F. The fourth-order valence-electron chi connectivity index (χ4n) is 0.850. The van der Waals surface area contributed by atoms with E-state index < -0.39 is 18.2 Å². The van der Waals surface area contributed by atoms with Crippen molar-refractivity contribution in [2.75, 3.05) is 5.73 Å². The Hall–Kier alpha value is -1.90. The molecule has 0 aliphatic rings. The van der Waals surface area contributed by atoms with E-state index in [4.69, 9.17) is 11.0 Å². The summed E-state index contributed by atoms with van der Waals surface area (Å²) in [5.41, 5.74) is 4.44. The van der Waals surface area contributed by atoms with E-state index >= 15 is 0 Å². The Morgan fingerprint density at radius 1 is 1.43 bits per heavy atom. The second kappa shape index (κ2) is 3.87. The van der Waals surface area contributed by atoms with Crippen LogP contribution in [0.3, 0.4) is 0 Å². The molecule has 0 radical (unpaired) electrons. The number of halogens is 3. The van der Waals surface area contributed by atoms with Gasteiger partial charge < -0.3 is 10.5 Å². The highest BCUT2D eigenvalue weighted by molar-refractivity contribution is 5.54. The number of nitrogen functional groups attached to an aromatic ring is 1. The molecule has 0 heterocycles. The van der Waals surface area contributed by atoms with E-state index in [2.05, 4.69) is 4.74 Å². The summed E-state index contributed by atoms with van der Waals surface area (Å²) in [5, 5.41) is 8.46. The number of ether oxygens (including phenoxy) is 1. The van der Waals surface area contributed by atoms with Gasteiger partial charge in [0, 0.05) is 6.07 Å². The Morgan fingerprint density at radius 3 is 2.57 bits per heavy atom. The molecular weight excluding hydrogens is 197 g/mol. The Kier molecular flexibility index (Phi) is 2.82. The molecule has 0 unspecified atom stereocenters. The molecule has 0 saturated heterocycles. The predicted molar refractivity (Wildman–Crippen MR) is 42.2 cm³/mol. The second-order valence-corrected chi connectivity index (χ2v) is 2.36. The van der Waals surface area contributed by atoms with Gasteiger partial charge in [-0.2, -0.15) is 14.0 Å². The highest BCUT2D eigenvalue weighted by Crippen LogP contribution is 2.25. The van der Waals surface area contributed by atoms with Gasteiger partial charge in [0.05, 0.1) is 11.3 Å². The largest absolute Gasteiger partial charge is 0.433 e. The van der Waals surface area contributed by atoms with Crippen molar-refractivity contribution in [3.8, 4) is 11.8 Å². The number of alkyl halides is 2. The zero-order valence-electron chi connectivity index (χ0n) is 6.80. The Balaban J connectivity index is 3.15. The van der Waals surface area contributed by atoms with Gasteiger partial charge in [0.25, 0.3) is 0 Å². The minimum absolute atomic E-state index is 0.322. The van der Waals surface area contributed by atoms with Crippen LogP contribution in [0.15, 0.2) is 12.1 Å². The van der Waals surface area contributed by atoms with Crippen LogP contribution in [0.5, 0.6) is 5.75 Å². The molecule has 74 valence electrons. The van der Waals surface area contributed by atoms with Crippen molar-refractivity contribution in [2.45, 2.75) is 6.61 Å². The van der Waals surface area contributed by atoms with Crippen LogP contribution in [0.4, 0.5) is 18.9 Å². The summed E-state index contributed by atoms with van der Waals surface area (Å²) in [5.74, 6) is -1.27. The van der Waals surface area contributed by atoms with Crippen LogP contribution in [0.25, 0.3) is 0 Å². The van der Waals surface area contributed by atoms with Crippen molar-refractivity contribution in [2.24, 2.45) is 0 Å². The molecule has 1 aromatic carbocycles. The van der Waals surface area contributed by atoms with E-state index in [1.54, 1.807) is 0 Å². The summed E-state index contributed by atoms with van der Waals surface area (Å²) < 4.78 is 40.3. The summed E-state index contributed by atoms with van der Waals surface area (Å²) >= 11 is 0. The maximum Gasteiger partial charge on any atom is 0.387 e. The Morgan fingerprint density at radius 2 is 2.07 bits per heavy atom. The number of hydrogen-bond acceptors (Lipinski definition) is 3. The van der Waals surface area contributed by atoms with Crippen molar-refractivity contribution < 1.29 is 17.9 Å². The molecule has 3 nitrogen and oxygen atoms in total. The van der Waals surface area contributed by atoms with E-state index in [1.807, 2.05) is 0 Å². The zero-order valence-corrected chi connectivity index (χ0v) is 6.80. The maximum atomic E-state index is 12.8. The Labute approximate surface area is 77.5 Å². The lowest BCUT2D eigenvalue weighted by molar-refractivity contribution is -0.0500. The number of rotatable bonds is 2. The number of anilines is 1. The standard InChI is InChI=1S/C8H5F3N2O/c9-5-1-4(3-12)7(2-6(5)13)14-8(10)11/h1-2,8H,13H2. The first kappa shape index (κ1) is 10.2. The fourth-order valence-corrected chi connectivity index (χ4v) is 0.850. The summed E-state index contributed by atoms with van der Waals surface area (Å²) in [7, 11) is 0. The average molecular weight is 202 g/mol. The number of nitrogens with zero attached hydrogens (tertiary/aromatic N) is 1. The topological polar surface area (TPSA) is 59.0 Å². The van der Waals surface area contributed by atoms with Gasteiger partial charge in [0.1, 0.15) is 17.6 Å². The lowest BCUT2D eigenvalue weighted by Crippen LogP contribution is -2.05. The average Bonchev–Trinajstić information content (AvgIpc) is 2.10. The van der Waals surface area contributed by atoms with Gasteiger partial charge in [-0.15, -0.1) is 0 Å². The third-order valence-corrected chi connectivity index (χ3v) is 1.44. The van der Waals surface area contributed by atoms with E-state index in [1.165, 1.54) is 6.07 Å². The quantitative estimate of drug-likeness (QED) is 0.745. The summed E-state index contributed by atoms with van der Waals surface area (Å²) in [6.07, 6.45) is 0. The molecule has 0 aromatic heterocycles. The second-order valence-electron chi connectivity index (χ2n) is 2.36. The van der Waals surface area contributed by atoms with Gasteiger partial charge in [-0.3, -0.25) is 0 Å². The van der Waals surface area contributed by atoms with Crippen LogP contribution in [-0.2, 0) is 0 Å². The molecule has 14 heavy (non-hydrogen) atoms. The number of nitrogens with two attached hydrogens (primary N) is 1. The van der Waals surface area contributed by atoms with Gasteiger partial charge >= 0.3 is 6.61 Å². The van der Waals surface area contributed by atoms with E-state index in [0.29, 0.717) is 0 Å². The molecule has 0 aliphatic heterocycles.